The lowest BCUT2D eigenvalue weighted by Gasteiger charge is -2.22. The molecule has 0 N–H and O–H groups in total. The Balaban J connectivity index is 1.75. The number of ether oxygens (including phenoxy) is 3. The summed E-state index contributed by atoms with van der Waals surface area (Å²) in [6.07, 6.45) is -0.552. The second kappa shape index (κ2) is 10.3. The van der Waals surface area contributed by atoms with Crippen LogP contribution >= 0.6 is 11.6 Å². The minimum Gasteiger partial charge on any atom is -0.480 e. The number of rotatable bonds is 7. The van der Waals surface area contributed by atoms with Crippen molar-refractivity contribution in [3.8, 4) is 5.75 Å². The molecular weight excluding hydrogens is 406 g/mol. The number of benzene rings is 3. The zero-order chi connectivity index (χ0) is 21.3. The number of methoxy groups -OCH3 is 1. The molecule has 0 saturated carbocycles. The Hall–Kier alpha value is -3.51. The molecule has 0 spiro atoms. The van der Waals surface area contributed by atoms with Crippen molar-refractivity contribution >= 4 is 35.0 Å². The van der Waals surface area contributed by atoms with Crippen LogP contribution in [0.25, 0.3) is 0 Å². The summed E-state index contributed by atoms with van der Waals surface area (Å²) < 4.78 is 15.5. The molecule has 0 bridgehead atoms. The van der Waals surface area contributed by atoms with Gasteiger partial charge in [0, 0.05) is 5.56 Å². The van der Waals surface area contributed by atoms with Gasteiger partial charge in [-0.1, -0.05) is 60.1 Å². The average molecular weight is 426 g/mol. The molecule has 0 heterocycles. The van der Waals surface area contributed by atoms with Crippen LogP contribution in [0.5, 0.6) is 5.75 Å². The van der Waals surface area contributed by atoms with E-state index in [2.05, 4.69) is 4.74 Å². The zero-order valence-electron chi connectivity index (χ0n) is 16.3. The maximum absolute atomic E-state index is 12.9. The van der Waals surface area contributed by atoms with Gasteiger partial charge in [0.2, 0.25) is 0 Å². The molecule has 0 atom stereocenters. The Labute approximate surface area is 179 Å². The predicted octanol–water partition coefficient (Wildman–Crippen LogP) is 5.37. The molecule has 30 heavy (non-hydrogen) atoms. The molecule has 0 unspecified atom stereocenters. The van der Waals surface area contributed by atoms with Crippen molar-refractivity contribution in [1.29, 1.82) is 0 Å². The molecule has 0 fully saturated rings. The summed E-state index contributed by atoms with van der Waals surface area (Å²) in [6, 6.07) is 23.5. The van der Waals surface area contributed by atoms with Crippen LogP contribution in [0.1, 0.15) is 5.56 Å². The molecule has 0 aliphatic carbocycles. The Morgan fingerprint density at radius 1 is 0.867 bits per heavy atom. The first kappa shape index (κ1) is 21.2. The number of anilines is 2. The van der Waals surface area contributed by atoms with Gasteiger partial charge in [0.1, 0.15) is 12.4 Å². The summed E-state index contributed by atoms with van der Waals surface area (Å²) in [5.41, 5.74) is 1.90. The third kappa shape index (κ3) is 5.30. The minimum atomic E-state index is -0.552. The quantitative estimate of drug-likeness (QED) is 0.476. The molecule has 7 heteroatoms. The fraction of sp³-hybridized carbons (Fsp3) is 0.130. The zero-order valence-corrected chi connectivity index (χ0v) is 17.0. The lowest BCUT2D eigenvalue weighted by Crippen LogP contribution is -2.26. The van der Waals surface area contributed by atoms with Gasteiger partial charge in [0.05, 0.1) is 23.5 Å². The first-order valence-electron chi connectivity index (χ1n) is 9.14. The lowest BCUT2D eigenvalue weighted by atomic mass is 10.2. The molecule has 0 aliphatic rings. The Kier molecular flexibility index (Phi) is 7.29. The molecule has 0 saturated heterocycles. The fourth-order valence-electron chi connectivity index (χ4n) is 2.69. The number of carbonyl (C=O) groups is 2. The fourth-order valence-corrected chi connectivity index (χ4v) is 2.93. The summed E-state index contributed by atoms with van der Waals surface area (Å²) in [4.78, 5) is 25.7. The van der Waals surface area contributed by atoms with Crippen molar-refractivity contribution in [3.63, 3.8) is 0 Å². The number of carbonyl (C=O) groups excluding carboxylic acids is 2. The van der Waals surface area contributed by atoms with E-state index in [0.29, 0.717) is 22.7 Å². The van der Waals surface area contributed by atoms with Crippen LogP contribution in [-0.2, 0) is 20.9 Å². The third-order valence-electron chi connectivity index (χ3n) is 4.18. The Morgan fingerprint density at radius 2 is 1.47 bits per heavy atom. The van der Waals surface area contributed by atoms with Crippen molar-refractivity contribution in [3.05, 3.63) is 89.4 Å². The molecular formula is C23H20ClNO5. The number of para-hydroxylation sites is 2. The molecule has 3 aromatic carbocycles. The largest absolute Gasteiger partial charge is 0.480 e. The number of halogens is 1. The van der Waals surface area contributed by atoms with Gasteiger partial charge in [-0.25, -0.2) is 14.5 Å². The van der Waals surface area contributed by atoms with E-state index < -0.39 is 12.1 Å². The maximum atomic E-state index is 12.9. The highest BCUT2D eigenvalue weighted by Crippen LogP contribution is 2.30. The van der Waals surface area contributed by atoms with Gasteiger partial charge in [-0.15, -0.1) is 0 Å². The van der Waals surface area contributed by atoms with Crippen LogP contribution < -0.4 is 9.64 Å². The number of esters is 1. The van der Waals surface area contributed by atoms with E-state index in [1.54, 1.807) is 18.2 Å². The van der Waals surface area contributed by atoms with Gasteiger partial charge in [-0.05, 0) is 30.3 Å². The lowest BCUT2D eigenvalue weighted by molar-refractivity contribution is -0.142. The molecule has 0 radical (unpaired) electrons. The maximum Gasteiger partial charge on any atom is 0.419 e. The van der Waals surface area contributed by atoms with Gasteiger partial charge in [-0.3, -0.25) is 0 Å². The van der Waals surface area contributed by atoms with E-state index in [4.69, 9.17) is 21.1 Å². The van der Waals surface area contributed by atoms with E-state index in [0.717, 1.165) is 0 Å². The highest BCUT2D eigenvalue weighted by Gasteiger charge is 2.20. The third-order valence-corrected chi connectivity index (χ3v) is 4.61. The van der Waals surface area contributed by atoms with E-state index in [1.807, 2.05) is 60.7 Å². The molecule has 3 rings (SSSR count). The van der Waals surface area contributed by atoms with E-state index in [-0.39, 0.29) is 18.2 Å². The topological polar surface area (TPSA) is 65.1 Å². The normalized spacial score (nSPS) is 10.2. The molecule has 154 valence electrons. The second-order valence-corrected chi connectivity index (χ2v) is 6.53. The average Bonchev–Trinajstić information content (AvgIpc) is 2.79. The monoisotopic (exact) mass is 425 g/mol. The number of hydrogen-bond acceptors (Lipinski definition) is 5. The predicted molar refractivity (Wildman–Crippen MR) is 114 cm³/mol. The summed E-state index contributed by atoms with van der Waals surface area (Å²) in [7, 11) is 1.27. The SMILES string of the molecule is COC(=O)COc1cccc(COC(=O)N(c2ccccc2)c2ccccc2)c1Cl. The van der Waals surface area contributed by atoms with Crippen molar-refractivity contribution < 1.29 is 23.8 Å². The summed E-state index contributed by atoms with van der Waals surface area (Å²) >= 11 is 6.35. The van der Waals surface area contributed by atoms with Gasteiger partial charge in [-0.2, -0.15) is 0 Å². The van der Waals surface area contributed by atoms with Crippen LogP contribution in [0, 0.1) is 0 Å². The number of hydrogen-bond donors (Lipinski definition) is 0. The van der Waals surface area contributed by atoms with Crippen LogP contribution in [-0.4, -0.2) is 25.8 Å². The van der Waals surface area contributed by atoms with Crippen molar-refractivity contribution in [2.45, 2.75) is 6.61 Å². The second-order valence-electron chi connectivity index (χ2n) is 6.16. The Bertz CT molecular complexity index is 955. The van der Waals surface area contributed by atoms with E-state index in [1.165, 1.54) is 12.0 Å². The summed E-state index contributed by atoms with van der Waals surface area (Å²) in [6.45, 7) is -0.335. The van der Waals surface area contributed by atoms with Crippen LogP contribution in [0.2, 0.25) is 5.02 Å². The van der Waals surface area contributed by atoms with Gasteiger partial charge >= 0.3 is 12.1 Å². The van der Waals surface area contributed by atoms with Crippen LogP contribution in [0.15, 0.2) is 78.9 Å². The van der Waals surface area contributed by atoms with E-state index >= 15 is 0 Å². The van der Waals surface area contributed by atoms with Gasteiger partial charge in [0.25, 0.3) is 0 Å². The van der Waals surface area contributed by atoms with Crippen molar-refractivity contribution in [2.75, 3.05) is 18.6 Å². The van der Waals surface area contributed by atoms with Crippen molar-refractivity contribution in [2.24, 2.45) is 0 Å². The van der Waals surface area contributed by atoms with E-state index in [9.17, 15) is 9.59 Å². The minimum absolute atomic E-state index is 0.0662. The smallest absolute Gasteiger partial charge is 0.419 e. The molecule has 1 amide bonds. The van der Waals surface area contributed by atoms with Crippen LogP contribution in [0.4, 0.5) is 16.2 Å². The molecule has 0 aromatic heterocycles. The van der Waals surface area contributed by atoms with Gasteiger partial charge < -0.3 is 14.2 Å². The Morgan fingerprint density at radius 3 is 2.03 bits per heavy atom. The van der Waals surface area contributed by atoms with Gasteiger partial charge in [0.15, 0.2) is 6.61 Å². The van der Waals surface area contributed by atoms with Crippen molar-refractivity contribution in [1.82, 2.24) is 0 Å². The standard InChI is InChI=1S/C23H20ClNO5/c1-28-21(26)16-29-20-14-8-9-17(22(20)24)15-30-23(27)25(18-10-4-2-5-11-18)19-12-6-3-7-13-19/h2-14H,15-16H2,1H3. The highest BCUT2D eigenvalue weighted by molar-refractivity contribution is 6.32. The molecule has 6 nitrogen and oxygen atoms in total. The molecule has 3 aromatic rings. The summed E-state index contributed by atoms with van der Waals surface area (Å²) in [5.74, 6) is -0.220. The molecule has 0 aliphatic heterocycles. The first-order valence-corrected chi connectivity index (χ1v) is 9.52. The summed E-state index contributed by atoms with van der Waals surface area (Å²) in [5, 5.41) is 0.264. The number of nitrogens with zero attached hydrogens (tertiary/aromatic N) is 1. The first-order chi connectivity index (χ1) is 14.6. The number of amides is 1. The van der Waals surface area contributed by atoms with Crippen LogP contribution in [0.3, 0.4) is 0 Å². The highest BCUT2D eigenvalue weighted by atomic mass is 35.5.